The summed E-state index contributed by atoms with van der Waals surface area (Å²) in [6, 6.07) is 0. The maximum atomic E-state index is 2.54. The molecule has 0 amide bonds. The van der Waals surface area contributed by atoms with Gasteiger partial charge in [0.05, 0.1) is 0 Å². The van der Waals surface area contributed by atoms with Crippen LogP contribution >= 0.6 is 0 Å². The number of rotatable bonds is 0. The number of fused-ring (bicyclic) bond motifs is 1. The average Bonchev–Trinajstić information content (AvgIpc) is 2.34. The minimum absolute atomic E-state index is 0.827. The highest BCUT2D eigenvalue weighted by Gasteiger charge is 2.59. The van der Waals surface area contributed by atoms with Crippen LogP contribution in [0.2, 0.25) is 0 Å². The lowest BCUT2D eigenvalue weighted by Gasteiger charge is -2.31. The molecule has 1 spiro atoms. The van der Waals surface area contributed by atoms with E-state index >= 15 is 0 Å². The third-order valence-electron chi connectivity index (χ3n) is 3.14. The van der Waals surface area contributed by atoms with E-state index in [1.165, 1.54) is 25.7 Å². The van der Waals surface area contributed by atoms with E-state index in [1.54, 1.807) is 5.57 Å². The van der Waals surface area contributed by atoms with Crippen LogP contribution in [0.4, 0.5) is 0 Å². The molecule has 2 atom stereocenters. The molecule has 0 heterocycles. The number of allylic oxidation sites excluding steroid dienone is 2. The van der Waals surface area contributed by atoms with Crippen LogP contribution in [-0.4, -0.2) is 0 Å². The van der Waals surface area contributed by atoms with Crippen LogP contribution in [0.25, 0.3) is 0 Å². The van der Waals surface area contributed by atoms with Crippen molar-refractivity contribution >= 4 is 0 Å². The van der Waals surface area contributed by atoms with Crippen molar-refractivity contribution in [1.82, 2.24) is 0 Å². The van der Waals surface area contributed by atoms with Gasteiger partial charge in [-0.05, 0) is 37.0 Å². The van der Waals surface area contributed by atoms with Gasteiger partial charge in [0, 0.05) is 0 Å². The molecular weight excluding hydrogens is 96.1 g/mol. The first kappa shape index (κ1) is 3.71. The molecule has 8 heavy (non-hydrogen) atoms. The number of hydrogen-bond donors (Lipinski definition) is 0. The van der Waals surface area contributed by atoms with E-state index in [-0.39, 0.29) is 0 Å². The van der Waals surface area contributed by atoms with Gasteiger partial charge in [-0.1, -0.05) is 11.6 Å². The van der Waals surface area contributed by atoms with Crippen molar-refractivity contribution in [2.75, 3.05) is 0 Å². The van der Waals surface area contributed by atoms with Crippen LogP contribution in [0.3, 0.4) is 0 Å². The molecule has 2 unspecified atom stereocenters. The fraction of sp³-hybridized carbons (Fsp3) is 0.750. The van der Waals surface area contributed by atoms with E-state index in [9.17, 15) is 0 Å². The second-order valence-electron chi connectivity index (χ2n) is 3.65. The Morgan fingerprint density at radius 3 is 3.00 bits per heavy atom. The monoisotopic (exact) mass is 106 g/mol. The van der Waals surface area contributed by atoms with Gasteiger partial charge in [-0.2, -0.15) is 0 Å². The lowest BCUT2D eigenvalue weighted by Crippen LogP contribution is -2.18. The predicted molar refractivity (Wildman–Crippen MR) is 32.5 cm³/mol. The lowest BCUT2D eigenvalue weighted by atomic mass is 9.74. The van der Waals surface area contributed by atoms with E-state index in [2.05, 4.69) is 6.08 Å². The van der Waals surface area contributed by atoms with Crippen molar-refractivity contribution < 1.29 is 0 Å². The van der Waals surface area contributed by atoms with Crippen LogP contribution in [0, 0.1) is 11.3 Å². The molecule has 0 radical (unpaired) electrons. The summed E-state index contributed by atoms with van der Waals surface area (Å²) < 4.78 is 0. The first-order valence-electron chi connectivity index (χ1n) is 3.60. The number of hydrogen-bond acceptors (Lipinski definition) is 0. The molecule has 0 N–H and O–H groups in total. The standard InChI is InChI=1S/C8H10/c1-2-7-5-8(7)3-6(1)4-8/h3,7H,1-2,4-5H2. The van der Waals surface area contributed by atoms with Crippen molar-refractivity contribution in [3.05, 3.63) is 11.6 Å². The molecule has 4 aliphatic carbocycles. The molecule has 2 fully saturated rings. The van der Waals surface area contributed by atoms with Crippen molar-refractivity contribution in [3.63, 3.8) is 0 Å². The molecule has 0 saturated heterocycles. The largest absolute Gasteiger partial charge is 0.0785 e. The Morgan fingerprint density at radius 2 is 2.50 bits per heavy atom. The molecule has 0 aromatic rings. The zero-order valence-corrected chi connectivity index (χ0v) is 4.98. The molecule has 0 aromatic carbocycles. The van der Waals surface area contributed by atoms with Gasteiger partial charge in [-0.3, -0.25) is 0 Å². The second kappa shape index (κ2) is 0.792. The van der Waals surface area contributed by atoms with Gasteiger partial charge in [0.25, 0.3) is 0 Å². The topological polar surface area (TPSA) is 0 Å². The highest BCUT2D eigenvalue weighted by Crippen LogP contribution is 2.69. The fourth-order valence-electron chi connectivity index (χ4n) is 2.50. The van der Waals surface area contributed by atoms with E-state index in [1.807, 2.05) is 0 Å². The Labute approximate surface area is 49.6 Å². The maximum absolute atomic E-state index is 2.54. The van der Waals surface area contributed by atoms with Crippen molar-refractivity contribution in [3.8, 4) is 0 Å². The van der Waals surface area contributed by atoms with E-state index < -0.39 is 0 Å². The highest BCUT2D eigenvalue weighted by atomic mass is 14.6. The van der Waals surface area contributed by atoms with Crippen LogP contribution in [0.1, 0.15) is 25.7 Å². The molecule has 2 bridgehead atoms. The normalized spacial score (nSPS) is 56.0. The summed E-state index contributed by atoms with van der Waals surface area (Å²) in [6.45, 7) is 0. The second-order valence-corrected chi connectivity index (χ2v) is 3.65. The Morgan fingerprint density at radius 1 is 1.62 bits per heavy atom. The molecule has 2 saturated carbocycles. The molecule has 4 aliphatic rings. The summed E-state index contributed by atoms with van der Waals surface area (Å²) in [5, 5.41) is 0. The first-order valence-corrected chi connectivity index (χ1v) is 3.60. The third-order valence-corrected chi connectivity index (χ3v) is 3.14. The zero-order valence-electron chi connectivity index (χ0n) is 4.98. The van der Waals surface area contributed by atoms with Gasteiger partial charge in [0.2, 0.25) is 0 Å². The molecule has 42 valence electrons. The fourth-order valence-corrected chi connectivity index (χ4v) is 2.50. The molecule has 0 aliphatic heterocycles. The Kier molecular flexibility index (Phi) is 0.367. The smallest absolute Gasteiger partial charge is 0.00468 e. The summed E-state index contributed by atoms with van der Waals surface area (Å²) in [5.41, 5.74) is 2.59. The summed E-state index contributed by atoms with van der Waals surface area (Å²) in [5.74, 6) is 1.14. The summed E-state index contributed by atoms with van der Waals surface area (Å²) >= 11 is 0. The van der Waals surface area contributed by atoms with Gasteiger partial charge in [0.15, 0.2) is 0 Å². The summed E-state index contributed by atoms with van der Waals surface area (Å²) in [6.07, 6.45) is 8.52. The van der Waals surface area contributed by atoms with E-state index in [4.69, 9.17) is 0 Å². The van der Waals surface area contributed by atoms with Crippen molar-refractivity contribution in [2.24, 2.45) is 11.3 Å². The Balaban J connectivity index is 2.15. The maximum Gasteiger partial charge on any atom is -0.00468 e. The zero-order chi connectivity index (χ0) is 5.19. The third kappa shape index (κ3) is 0.229. The molecule has 4 rings (SSSR count). The molecule has 0 nitrogen and oxygen atoms in total. The van der Waals surface area contributed by atoms with Crippen LogP contribution in [-0.2, 0) is 0 Å². The van der Waals surface area contributed by atoms with Crippen LogP contribution in [0.5, 0.6) is 0 Å². The molecule has 0 aromatic heterocycles. The van der Waals surface area contributed by atoms with Gasteiger partial charge in [-0.15, -0.1) is 0 Å². The molecule has 0 heteroatoms. The Hall–Kier alpha value is -0.260. The SMILES string of the molecule is C1=C2CCC3CC13C2. The summed E-state index contributed by atoms with van der Waals surface area (Å²) in [4.78, 5) is 0. The van der Waals surface area contributed by atoms with Crippen molar-refractivity contribution in [2.45, 2.75) is 25.7 Å². The van der Waals surface area contributed by atoms with Gasteiger partial charge >= 0.3 is 0 Å². The average molecular weight is 106 g/mol. The predicted octanol–water partition coefficient (Wildman–Crippen LogP) is 2.12. The van der Waals surface area contributed by atoms with Gasteiger partial charge in [-0.25, -0.2) is 0 Å². The lowest BCUT2D eigenvalue weighted by molar-refractivity contribution is 0.416. The van der Waals surface area contributed by atoms with E-state index in [0.717, 1.165) is 11.3 Å². The minimum atomic E-state index is 0.827. The minimum Gasteiger partial charge on any atom is -0.0785 e. The van der Waals surface area contributed by atoms with Crippen molar-refractivity contribution in [1.29, 1.82) is 0 Å². The van der Waals surface area contributed by atoms with Crippen LogP contribution in [0.15, 0.2) is 11.6 Å². The quantitative estimate of drug-likeness (QED) is 0.415. The van der Waals surface area contributed by atoms with Crippen LogP contribution < -0.4 is 0 Å². The molecular formula is C8H10. The highest BCUT2D eigenvalue weighted by molar-refractivity contribution is 5.36. The first-order chi connectivity index (χ1) is 3.89. The van der Waals surface area contributed by atoms with Gasteiger partial charge in [0.1, 0.15) is 0 Å². The summed E-state index contributed by atoms with van der Waals surface area (Å²) in [7, 11) is 0. The van der Waals surface area contributed by atoms with Gasteiger partial charge < -0.3 is 0 Å². The Bertz CT molecular complexity index is 176. The van der Waals surface area contributed by atoms with E-state index in [0.29, 0.717) is 0 Å².